The van der Waals surface area contributed by atoms with Crippen LogP contribution in [0.15, 0.2) is 0 Å². The van der Waals surface area contributed by atoms with Crippen LogP contribution in [-0.2, 0) is 56.0 Å². The third-order valence-electron chi connectivity index (χ3n) is 0. The second-order valence-corrected chi connectivity index (χ2v) is 0. The van der Waals surface area contributed by atoms with E-state index in [2.05, 4.69) is 0 Å². The minimum absolute atomic E-state index is 0. The van der Waals surface area contributed by atoms with E-state index in [0.29, 0.717) is 0 Å². The van der Waals surface area contributed by atoms with Gasteiger partial charge in [0.2, 0.25) is 0 Å². The average Bonchev–Trinajstić information content (AvgIpc) is 0. The van der Waals surface area contributed by atoms with Crippen molar-refractivity contribution in [3.63, 3.8) is 0 Å². The predicted octanol–water partition coefficient (Wildman–Crippen LogP) is 0.105. The van der Waals surface area contributed by atoms with Gasteiger partial charge in [0.1, 0.15) is 0 Å². The van der Waals surface area contributed by atoms with E-state index in [9.17, 15) is 0 Å². The van der Waals surface area contributed by atoms with Crippen molar-refractivity contribution in [1.29, 1.82) is 0 Å². The van der Waals surface area contributed by atoms with Gasteiger partial charge >= 0.3 is 0 Å². The summed E-state index contributed by atoms with van der Waals surface area (Å²) in [7, 11) is 0. The molecular weight excluding hydrogens is 226 g/mol. The third-order valence-corrected chi connectivity index (χ3v) is 0. The normalized spacial score (nSPS) is 0. The maximum Gasteiger partial charge on any atom is 0 e. The first kappa shape index (κ1) is 35.7. The van der Waals surface area contributed by atoms with Gasteiger partial charge in [-0.1, -0.05) is 0 Å². The number of rotatable bonds is 0. The van der Waals surface area contributed by atoms with Gasteiger partial charge in [0.25, 0.3) is 0 Å². The van der Waals surface area contributed by atoms with Crippen LogP contribution in [0, 0.1) is 0 Å². The second kappa shape index (κ2) is 19.4. The Hall–Kier alpha value is 2.12. The molecule has 0 nitrogen and oxygen atoms in total. The molecule has 0 aromatic rings. The van der Waals surface area contributed by atoms with Crippen LogP contribution in [0.5, 0.6) is 0 Å². The Morgan fingerprint density at radius 3 is 0.750 bits per heavy atom. The fourth-order valence-corrected chi connectivity index (χ4v) is 0. The summed E-state index contributed by atoms with van der Waals surface area (Å²) >= 11 is 0. The fraction of sp³-hybridized carbons (Fsp3) is 0. The van der Waals surface area contributed by atoms with Crippen molar-refractivity contribution in [3.8, 4) is 0 Å². The van der Waals surface area contributed by atoms with Crippen LogP contribution in [-0.4, -0.2) is 0 Å². The Balaban J connectivity index is 0. The van der Waals surface area contributed by atoms with Crippen LogP contribution in [0.2, 0.25) is 0 Å². The summed E-state index contributed by atoms with van der Waals surface area (Å²) < 4.78 is 0. The SMILES string of the molecule is S.[Cu].[Zn].[Zn]. The zero-order chi connectivity index (χ0) is 0. The first-order valence-electron chi connectivity index (χ1n) is 0. The minimum Gasteiger partial charge on any atom is -0.197 e. The molecule has 23 valence electrons. The first-order chi connectivity index (χ1) is 0. The summed E-state index contributed by atoms with van der Waals surface area (Å²) in [5.41, 5.74) is 0. The molecule has 0 heterocycles. The summed E-state index contributed by atoms with van der Waals surface area (Å²) in [4.78, 5) is 0. The molecule has 0 aliphatic heterocycles. The van der Waals surface area contributed by atoms with Gasteiger partial charge < -0.3 is 0 Å². The Bertz CT molecular complexity index is 6.00. The molecule has 0 unspecified atom stereocenters. The van der Waals surface area contributed by atoms with Gasteiger partial charge in [0.15, 0.2) is 0 Å². The summed E-state index contributed by atoms with van der Waals surface area (Å²) in [6.45, 7) is 0. The third kappa shape index (κ3) is 8.93. The smallest absolute Gasteiger partial charge is 0 e. The molecule has 4 heavy (non-hydrogen) atoms. The zero-order valence-corrected chi connectivity index (χ0v) is 10.1. The van der Waals surface area contributed by atoms with Gasteiger partial charge in [-0.25, -0.2) is 0 Å². The molecule has 0 bridgehead atoms. The molecule has 0 saturated carbocycles. The molecular formula is H2CuSZn2. The number of hydrogen-bond donors (Lipinski definition) is 0. The summed E-state index contributed by atoms with van der Waals surface area (Å²) in [5, 5.41) is 0. The predicted molar refractivity (Wildman–Crippen MR) is 10.4 cm³/mol. The van der Waals surface area contributed by atoms with E-state index in [0.717, 1.165) is 0 Å². The minimum atomic E-state index is 0. The van der Waals surface area contributed by atoms with E-state index < -0.39 is 0 Å². The van der Waals surface area contributed by atoms with Crippen molar-refractivity contribution in [2.24, 2.45) is 0 Å². The van der Waals surface area contributed by atoms with Crippen LogP contribution in [0.25, 0.3) is 0 Å². The largest absolute Gasteiger partial charge is 0.197 e. The molecule has 0 aliphatic rings. The second-order valence-electron chi connectivity index (χ2n) is 0. The molecule has 0 spiro atoms. The Morgan fingerprint density at radius 2 is 0.750 bits per heavy atom. The Labute approximate surface area is 68.9 Å². The van der Waals surface area contributed by atoms with Crippen LogP contribution in [0.1, 0.15) is 0 Å². The van der Waals surface area contributed by atoms with E-state index >= 15 is 0 Å². The molecule has 0 atom stereocenters. The van der Waals surface area contributed by atoms with Crippen molar-refractivity contribution < 1.29 is 56.0 Å². The fourth-order valence-electron chi connectivity index (χ4n) is 0. The topological polar surface area (TPSA) is 0 Å². The molecule has 0 amide bonds. The molecule has 0 aliphatic carbocycles. The molecule has 0 N–H and O–H groups in total. The summed E-state index contributed by atoms with van der Waals surface area (Å²) in [6.07, 6.45) is 0. The van der Waals surface area contributed by atoms with Gasteiger partial charge in [-0.15, -0.1) is 0 Å². The first-order valence-corrected chi connectivity index (χ1v) is 0. The van der Waals surface area contributed by atoms with E-state index in [1.165, 1.54) is 0 Å². The molecule has 1 radical (unpaired) electrons. The van der Waals surface area contributed by atoms with Gasteiger partial charge in [-0.3, -0.25) is 0 Å². The van der Waals surface area contributed by atoms with Gasteiger partial charge in [-0.2, -0.15) is 13.5 Å². The quantitative estimate of drug-likeness (QED) is 0.516. The van der Waals surface area contributed by atoms with E-state index in [1.54, 1.807) is 0 Å². The van der Waals surface area contributed by atoms with Crippen molar-refractivity contribution in [3.05, 3.63) is 0 Å². The number of hydrogen-bond acceptors (Lipinski definition) is 0. The summed E-state index contributed by atoms with van der Waals surface area (Å²) in [5.74, 6) is 0. The maximum absolute atomic E-state index is 0. The zero-order valence-electron chi connectivity index (χ0n) is 2.22. The molecule has 4 heteroatoms. The van der Waals surface area contributed by atoms with Crippen molar-refractivity contribution in [2.45, 2.75) is 0 Å². The van der Waals surface area contributed by atoms with E-state index in [-0.39, 0.29) is 69.5 Å². The van der Waals surface area contributed by atoms with E-state index in [4.69, 9.17) is 0 Å². The van der Waals surface area contributed by atoms with E-state index in [1.807, 2.05) is 0 Å². The van der Waals surface area contributed by atoms with Crippen LogP contribution in [0.4, 0.5) is 0 Å². The standard InChI is InChI=1S/Cu.H2S.2Zn/h;1H2;;. The van der Waals surface area contributed by atoms with Gasteiger partial charge in [-0.05, 0) is 0 Å². The molecule has 0 aromatic heterocycles. The summed E-state index contributed by atoms with van der Waals surface area (Å²) in [6, 6.07) is 0. The van der Waals surface area contributed by atoms with Gasteiger partial charge in [0, 0.05) is 56.0 Å². The van der Waals surface area contributed by atoms with Crippen LogP contribution in [0.3, 0.4) is 0 Å². The maximum atomic E-state index is 0. The monoisotopic (exact) mass is 225 g/mol. The van der Waals surface area contributed by atoms with Crippen molar-refractivity contribution >= 4 is 13.5 Å². The Morgan fingerprint density at radius 1 is 0.750 bits per heavy atom. The molecule has 0 saturated heterocycles. The average molecular weight is 228 g/mol. The molecule has 0 fully saturated rings. The van der Waals surface area contributed by atoms with Crippen LogP contribution < -0.4 is 0 Å². The van der Waals surface area contributed by atoms with Crippen LogP contribution >= 0.6 is 13.5 Å². The van der Waals surface area contributed by atoms with Crippen molar-refractivity contribution in [1.82, 2.24) is 0 Å². The van der Waals surface area contributed by atoms with Gasteiger partial charge in [0.05, 0.1) is 0 Å². The molecule has 0 rings (SSSR count). The molecule has 0 aromatic carbocycles. The van der Waals surface area contributed by atoms with Crippen molar-refractivity contribution in [2.75, 3.05) is 0 Å². The Kier molecular flexibility index (Phi) is 173.